The second kappa shape index (κ2) is 11.6. The van der Waals surface area contributed by atoms with Gasteiger partial charge in [0, 0.05) is 19.2 Å². The number of hydroxylamine groups is 1. The van der Waals surface area contributed by atoms with Crippen molar-refractivity contribution >= 4 is 30.4 Å². The fourth-order valence-corrected chi connectivity index (χ4v) is 3.37. The molecule has 8 heteroatoms. The summed E-state index contributed by atoms with van der Waals surface area (Å²) in [6, 6.07) is 8.59. The lowest BCUT2D eigenvalue weighted by atomic mass is 9.84. The van der Waals surface area contributed by atoms with E-state index >= 15 is 0 Å². The molecule has 0 saturated heterocycles. The minimum absolute atomic E-state index is 0.0977. The SMILES string of the molecule is CNC(=O)[C@H](Cc1ccccc1)NC(=O)[C@H](CC(C)C)[C@H](CS)C(=O)NO. The van der Waals surface area contributed by atoms with Crippen LogP contribution in [-0.2, 0) is 20.8 Å². The van der Waals surface area contributed by atoms with Crippen LogP contribution in [-0.4, -0.2) is 41.8 Å². The van der Waals surface area contributed by atoms with Gasteiger partial charge in [-0.3, -0.25) is 19.6 Å². The van der Waals surface area contributed by atoms with E-state index in [9.17, 15) is 14.4 Å². The Morgan fingerprint density at radius 2 is 1.67 bits per heavy atom. The number of thiol groups is 1. The van der Waals surface area contributed by atoms with Crippen LogP contribution in [0.4, 0.5) is 0 Å². The van der Waals surface area contributed by atoms with Gasteiger partial charge in [-0.05, 0) is 17.9 Å². The summed E-state index contributed by atoms with van der Waals surface area (Å²) in [5, 5.41) is 14.3. The number of carbonyl (C=O) groups is 3. The minimum atomic E-state index is -0.803. The van der Waals surface area contributed by atoms with E-state index in [0.29, 0.717) is 12.8 Å². The summed E-state index contributed by atoms with van der Waals surface area (Å²) >= 11 is 4.16. The first-order valence-electron chi connectivity index (χ1n) is 8.94. The van der Waals surface area contributed by atoms with Gasteiger partial charge in [0.05, 0.1) is 11.8 Å². The number of hydrogen-bond donors (Lipinski definition) is 5. The molecular weight excluding hydrogens is 366 g/mol. The molecule has 150 valence electrons. The second-order valence-corrected chi connectivity index (χ2v) is 7.23. The lowest BCUT2D eigenvalue weighted by Crippen LogP contribution is -2.51. The zero-order valence-corrected chi connectivity index (χ0v) is 16.8. The second-order valence-electron chi connectivity index (χ2n) is 6.87. The minimum Gasteiger partial charge on any atom is -0.357 e. The molecule has 0 aromatic heterocycles. The van der Waals surface area contributed by atoms with E-state index in [-0.39, 0.29) is 17.6 Å². The van der Waals surface area contributed by atoms with Crippen molar-refractivity contribution in [2.24, 2.45) is 17.8 Å². The molecule has 3 amide bonds. The number of benzene rings is 1. The van der Waals surface area contributed by atoms with Crippen molar-refractivity contribution < 1.29 is 19.6 Å². The molecule has 1 aromatic carbocycles. The highest BCUT2D eigenvalue weighted by atomic mass is 32.1. The topological polar surface area (TPSA) is 108 Å². The van der Waals surface area contributed by atoms with Crippen LogP contribution in [0.2, 0.25) is 0 Å². The fraction of sp³-hybridized carbons (Fsp3) is 0.526. The summed E-state index contributed by atoms with van der Waals surface area (Å²) in [6.07, 6.45) is 0.759. The van der Waals surface area contributed by atoms with Gasteiger partial charge < -0.3 is 10.6 Å². The molecule has 3 atom stereocenters. The number of hydrogen-bond acceptors (Lipinski definition) is 5. The van der Waals surface area contributed by atoms with E-state index in [1.165, 1.54) is 7.05 Å². The van der Waals surface area contributed by atoms with Gasteiger partial charge in [-0.1, -0.05) is 44.2 Å². The van der Waals surface area contributed by atoms with Crippen LogP contribution in [0.3, 0.4) is 0 Å². The average molecular weight is 396 g/mol. The van der Waals surface area contributed by atoms with E-state index in [1.807, 2.05) is 44.2 Å². The van der Waals surface area contributed by atoms with Gasteiger partial charge in [-0.25, -0.2) is 5.48 Å². The Hall–Kier alpha value is -2.06. The van der Waals surface area contributed by atoms with Crippen molar-refractivity contribution in [3.05, 3.63) is 35.9 Å². The Kier molecular flexibility index (Phi) is 9.88. The first-order valence-corrected chi connectivity index (χ1v) is 9.57. The molecule has 0 heterocycles. The summed E-state index contributed by atoms with van der Waals surface area (Å²) in [7, 11) is 1.51. The predicted octanol–water partition coefficient (Wildman–Crippen LogP) is 1.17. The lowest BCUT2D eigenvalue weighted by molar-refractivity contribution is -0.140. The van der Waals surface area contributed by atoms with Crippen LogP contribution in [0.5, 0.6) is 0 Å². The summed E-state index contributed by atoms with van der Waals surface area (Å²) in [5.74, 6) is -2.66. The van der Waals surface area contributed by atoms with E-state index in [4.69, 9.17) is 5.21 Å². The first kappa shape index (κ1) is 23.0. The third-order valence-corrected chi connectivity index (χ3v) is 4.75. The van der Waals surface area contributed by atoms with Crippen molar-refractivity contribution in [3.63, 3.8) is 0 Å². The molecule has 7 nitrogen and oxygen atoms in total. The van der Waals surface area contributed by atoms with Crippen molar-refractivity contribution in [1.29, 1.82) is 0 Å². The van der Waals surface area contributed by atoms with Crippen LogP contribution >= 0.6 is 12.6 Å². The zero-order chi connectivity index (χ0) is 20.4. The molecule has 0 fully saturated rings. The Morgan fingerprint density at radius 3 is 2.15 bits per heavy atom. The zero-order valence-electron chi connectivity index (χ0n) is 15.9. The summed E-state index contributed by atoms with van der Waals surface area (Å²) < 4.78 is 0. The Balaban J connectivity index is 3.02. The van der Waals surface area contributed by atoms with Gasteiger partial charge in [0.1, 0.15) is 6.04 Å². The van der Waals surface area contributed by atoms with Gasteiger partial charge in [-0.15, -0.1) is 0 Å². The standard InChI is InChI=1S/C19H29N3O4S/c1-12(2)9-14(15(11-27)18(24)22-26)17(23)21-16(19(25)20-3)10-13-7-5-4-6-8-13/h4-8,12,14-16,26-27H,9-11H2,1-3H3,(H,20,25)(H,21,23)(H,22,24)/t14-,15+,16+/m1/s1. The number of likely N-dealkylation sites (N-methyl/N-ethyl adjacent to an activating group) is 1. The fourth-order valence-electron chi connectivity index (χ4n) is 2.95. The molecular formula is C19H29N3O4S. The van der Waals surface area contributed by atoms with Crippen molar-refractivity contribution in [1.82, 2.24) is 16.1 Å². The number of nitrogens with one attached hydrogen (secondary N) is 3. The molecule has 0 bridgehead atoms. The third kappa shape index (κ3) is 7.22. The number of carbonyl (C=O) groups excluding carboxylic acids is 3. The van der Waals surface area contributed by atoms with Gasteiger partial charge in [-0.2, -0.15) is 12.6 Å². The molecule has 27 heavy (non-hydrogen) atoms. The Morgan fingerprint density at radius 1 is 1.04 bits per heavy atom. The maximum atomic E-state index is 12.9. The van der Waals surface area contributed by atoms with Gasteiger partial charge in [0.25, 0.3) is 0 Å². The van der Waals surface area contributed by atoms with Crippen molar-refractivity contribution in [3.8, 4) is 0 Å². The Labute approximate surface area is 165 Å². The highest BCUT2D eigenvalue weighted by Crippen LogP contribution is 2.23. The van der Waals surface area contributed by atoms with Crippen LogP contribution in [0.1, 0.15) is 25.8 Å². The highest BCUT2D eigenvalue weighted by molar-refractivity contribution is 7.80. The molecule has 0 aliphatic rings. The molecule has 4 N–H and O–H groups in total. The van der Waals surface area contributed by atoms with E-state index in [1.54, 1.807) is 5.48 Å². The smallest absolute Gasteiger partial charge is 0.248 e. The molecule has 0 spiro atoms. The molecule has 1 rings (SSSR count). The van der Waals surface area contributed by atoms with Crippen LogP contribution < -0.4 is 16.1 Å². The normalized spacial score (nSPS) is 14.1. The molecule has 0 saturated carbocycles. The average Bonchev–Trinajstić information content (AvgIpc) is 2.66. The molecule has 0 aliphatic carbocycles. The molecule has 1 aromatic rings. The summed E-state index contributed by atoms with van der Waals surface area (Å²) in [4.78, 5) is 37.2. The number of rotatable bonds is 10. The van der Waals surface area contributed by atoms with Crippen LogP contribution in [0.15, 0.2) is 30.3 Å². The third-order valence-electron chi connectivity index (χ3n) is 4.35. The summed E-state index contributed by atoms with van der Waals surface area (Å²) in [6.45, 7) is 3.87. The van der Waals surface area contributed by atoms with Gasteiger partial charge in [0.15, 0.2) is 0 Å². The summed E-state index contributed by atoms with van der Waals surface area (Å²) in [5.41, 5.74) is 2.51. The van der Waals surface area contributed by atoms with Crippen molar-refractivity contribution in [2.75, 3.05) is 12.8 Å². The predicted molar refractivity (Wildman–Crippen MR) is 106 cm³/mol. The molecule has 0 radical (unpaired) electrons. The molecule has 0 aliphatic heterocycles. The maximum Gasteiger partial charge on any atom is 0.248 e. The maximum absolute atomic E-state index is 12.9. The first-order chi connectivity index (χ1) is 12.8. The van der Waals surface area contributed by atoms with E-state index in [2.05, 4.69) is 23.3 Å². The quantitative estimate of drug-likeness (QED) is 0.233. The van der Waals surface area contributed by atoms with Gasteiger partial charge in [0.2, 0.25) is 17.7 Å². The van der Waals surface area contributed by atoms with Crippen molar-refractivity contribution in [2.45, 2.75) is 32.7 Å². The van der Waals surface area contributed by atoms with E-state index in [0.717, 1.165) is 5.56 Å². The van der Waals surface area contributed by atoms with Crippen LogP contribution in [0.25, 0.3) is 0 Å². The van der Waals surface area contributed by atoms with E-state index < -0.39 is 29.7 Å². The van der Waals surface area contributed by atoms with Crippen LogP contribution in [0, 0.1) is 17.8 Å². The largest absolute Gasteiger partial charge is 0.357 e. The monoisotopic (exact) mass is 395 g/mol. The number of amides is 3. The lowest BCUT2D eigenvalue weighted by Gasteiger charge is -2.27. The Bertz CT molecular complexity index is 625. The highest BCUT2D eigenvalue weighted by Gasteiger charge is 2.35. The molecule has 0 unspecified atom stereocenters. The van der Waals surface area contributed by atoms with Gasteiger partial charge >= 0.3 is 0 Å².